The van der Waals surface area contributed by atoms with Crippen LogP contribution in [-0.2, 0) is 21.3 Å². The van der Waals surface area contributed by atoms with Crippen molar-refractivity contribution in [3.8, 4) is 0 Å². The zero-order valence-electron chi connectivity index (χ0n) is 20.7. The molecule has 0 atom stereocenters. The number of hydrogen-bond acceptors (Lipinski definition) is 6. The average Bonchev–Trinajstić information content (AvgIpc) is 3.33. The van der Waals surface area contributed by atoms with Gasteiger partial charge < -0.3 is 9.64 Å². The van der Waals surface area contributed by atoms with Crippen molar-refractivity contribution in [2.75, 3.05) is 38.3 Å². The highest BCUT2D eigenvalue weighted by Crippen LogP contribution is 2.39. The van der Waals surface area contributed by atoms with Gasteiger partial charge in [-0.1, -0.05) is 30.3 Å². The van der Waals surface area contributed by atoms with Gasteiger partial charge in [-0.05, 0) is 75.1 Å². The lowest BCUT2D eigenvalue weighted by Crippen LogP contribution is -2.42. The summed E-state index contributed by atoms with van der Waals surface area (Å²) in [7, 11) is -1.41. The first kappa shape index (κ1) is 24.7. The molecule has 0 unspecified atom stereocenters. The van der Waals surface area contributed by atoms with Crippen molar-refractivity contribution in [1.82, 2.24) is 14.6 Å². The van der Waals surface area contributed by atoms with Gasteiger partial charge in [-0.15, -0.1) is 0 Å². The van der Waals surface area contributed by atoms with Crippen LogP contribution >= 0.6 is 0 Å². The number of benzene rings is 1. The summed E-state index contributed by atoms with van der Waals surface area (Å²) >= 11 is 0. The van der Waals surface area contributed by atoms with Crippen LogP contribution in [0.3, 0.4) is 0 Å². The predicted molar refractivity (Wildman–Crippen MR) is 138 cm³/mol. The number of hydrogen-bond donors (Lipinski definition) is 1. The summed E-state index contributed by atoms with van der Waals surface area (Å²) < 4.78 is 34.6. The Balaban J connectivity index is 1.11. The summed E-state index contributed by atoms with van der Waals surface area (Å²) in [6.07, 6.45) is 8.59. The van der Waals surface area contributed by atoms with E-state index < -0.39 is 10.0 Å². The van der Waals surface area contributed by atoms with E-state index in [9.17, 15) is 8.42 Å². The predicted octanol–water partition coefficient (Wildman–Crippen LogP) is 3.81. The summed E-state index contributed by atoms with van der Waals surface area (Å²) in [6.45, 7) is 4.57. The standard InChI is InChI=1S/C27H38N4O3S/c1-30(20-22-5-3-2-4-6-22)24-9-7-23(8-10-24)29-35(32,33)25-11-12-26(28-19-25)31-16-13-27(14-17-31)15-18-34-21-27/h2-6,11-12,19,23-24,29H,7-10,13-18,20-21H2,1H3. The lowest BCUT2D eigenvalue weighted by molar-refractivity contribution is 0.133. The smallest absolute Gasteiger partial charge is 0.242 e. The molecule has 1 aromatic heterocycles. The number of sulfonamides is 1. The molecule has 2 aliphatic heterocycles. The fourth-order valence-corrected chi connectivity index (χ4v) is 7.14. The number of pyridine rings is 1. The second kappa shape index (κ2) is 10.5. The molecule has 0 amide bonds. The molecule has 2 aromatic rings. The lowest BCUT2D eigenvalue weighted by atomic mass is 9.78. The van der Waals surface area contributed by atoms with Gasteiger partial charge >= 0.3 is 0 Å². The van der Waals surface area contributed by atoms with Crippen LogP contribution in [0.4, 0.5) is 5.82 Å². The monoisotopic (exact) mass is 498 g/mol. The van der Waals surface area contributed by atoms with Crippen LogP contribution in [0.2, 0.25) is 0 Å². The van der Waals surface area contributed by atoms with Crippen molar-refractivity contribution in [2.24, 2.45) is 5.41 Å². The van der Waals surface area contributed by atoms with Crippen LogP contribution in [0.1, 0.15) is 50.5 Å². The second-order valence-electron chi connectivity index (χ2n) is 10.7. The van der Waals surface area contributed by atoms with Gasteiger partial charge in [0.05, 0.1) is 6.61 Å². The molecule has 1 N–H and O–H groups in total. The highest BCUT2D eigenvalue weighted by atomic mass is 32.2. The summed E-state index contributed by atoms with van der Waals surface area (Å²) in [5.41, 5.74) is 1.66. The number of nitrogens with zero attached hydrogens (tertiary/aromatic N) is 3. The highest BCUT2D eigenvalue weighted by Gasteiger charge is 2.38. The van der Waals surface area contributed by atoms with Crippen molar-refractivity contribution < 1.29 is 13.2 Å². The first-order valence-corrected chi connectivity index (χ1v) is 14.5. The van der Waals surface area contributed by atoms with Gasteiger partial charge in [0, 0.05) is 44.5 Å². The van der Waals surface area contributed by atoms with E-state index in [2.05, 4.69) is 50.8 Å². The van der Waals surface area contributed by atoms with Crippen molar-refractivity contribution in [3.63, 3.8) is 0 Å². The van der Waals surface area contributed by atoms with Gasteiger partial charge in [-0.3, -0.25) is 4.90 Å². The molecule has 35 heavy (non-hydrogen) atoms. The quantitative estimate of drug-likeness (QED) is 0.626. The third-order valence-corrected chi connectivity index (χ3v) is 9.79. The van der Waals surface area contributed by atoms with Gasteiger partial charge in [0.1, 0.15) is 10.7 Å². The van der Waals surface area contributed by atoms with E-state index in [1.54, 1.807) is 6.07 Å². The zero-order chi connectivity index (χ0) is 24.3. The van der Waals surface area contributed by atoms with Gasteiger partial charge in [-0.25, -0.2) is 18.1 Å². The minimum Gasteiger partial charge on any atom is -0.381 e. The molecular formula is C27H38N4O3S. The third kappa shape index (κ3) is 5.88. The van der Waals surface area contributed by atoms with Crippen LogP contribution in [-0.4, -0.2) is 63.7 Å². The van der Waals surface area contributed by atoms with Crippen LogP contribution < -0.4 is 9.62 Å². The molecule has 1 saturated carbocycles. The molecule has 1 aromatic carbocycles. The third-order valence-electron chi connectivity index (χ3n) is 8.28. The van der Waals surface area contributed by atoms with Gasteiger partial charge in [-0.2, -0.15) is 0 Å². The SMILES string of the molecule is CN(Cc1ccccc1)C1CCC(NS(=O)(=O)c2ccc(N3CCC4(CCOC4)CC3)nc2)CC1. The molecule has 2 saturated heterocycles. The van der Waals surface area contributed by atoms with E-state index >= 15 is 0 Å². The Hall–Kier alpha value is -2.00. The summed E-state index contributed by atoms with van der Waals surface area (Å²) in [6, 6.07) is 14.5. The minimum atomic E-state index is -3.57. The Kier molecular flexibility index (Phi) is 7.44. The maximum atomic E-state index is 13.0. The second-order valence-corrected chi connectivity index (χ2v) is 12.4. The maximum absolute atomic E-state index is 13.0. The first-order chi connectivity index (χ1) is 16.9. The molecule has 190 valence electrons. The van der Waals surface area contributed by atoms with Gasteiger partial charge in [0.25, 0.3) is 0 Å². The summed E-state index contributed by atoms with van der Waals surface area (Å²) in [5, 5.41) is 0. The first-order valence-electron chi connectivity index (χ1n) is 13.0. The molecule has 0 bridgehead atoms. The molecule has 7 nitrogen and oxygen atoms in total. The van der Waals surface area contributed by atoms with Crippen LogP contribution in [0.15, 0.2) is 53.6 Å². The Bertz CT molecular complexity index is 1050. The molecule has 8 heteroatoms. The number of anilines is 1. The number of rotatable bonds is 7. The Morgan fingerprint density at radius 3 is 2.43 bits per heavy atom. The zero-order valence-corrected chi connectivity index (χ0v) is 21.5. The van der Waals surface area contributed by atoms with E-state index in [-0.39, 0.29) is 10.9 Å². The van der Waals surface area contributed by atoms with Gasteiger partial charge in [0.2, 0.25) is 10.0 Å². The number of nitrogens with one attached hydrogen (secondary N) is 1. The van der Waals surface area contributed by atoms with E-state index in [4.69, 9.17) is 4.74 Å². The van der Waals surface area contributed by atoms with E-state index in [0.717, 1.165) is 83.6 Å². The lowest BCUT2D eigenvalue weighted by Gasteiger charge is -2.38. The molecule has 1 aliphatic carbocycles. The van der Waals surface area contributed by atoms with Gasteiger partial charge in [0.15, 0.2) is 0 Å². The molecule has 3 aliphatic rings. The number of aromatic nitrogens is 1. The minimum absolute atomic E-state index is 0.0204. The van der Waals surface area contributed by atoms with E-state index in [1.165, 1.54) is 11.8 Å². The summed E-state index contributed by atoms with van der Waals surface area (Å²) in [4.78, 5) is 9.43. The van der Waals surface area contributed by atoms with Crippen molar-refractivity contribution in [3.05, 3.63) is 54.2 Å². The molecule has 0 radical (unpaired) electrons. The van der Waals surface area contributed by atoms with E-state index in [1.807, 2.05) is 12.1 Å². The average molecular weight is 499 g/mol. The summed E-state index contributed by atoms with van der Waals surface area (Å²) in [5.74, 6) is 0.861. The Labute approximate surface area is 209 Å². The topological polar surface area (TPSA) is 74.8 Å². The molecule has 5 rings (SSSR count). The molecular weight excluding hydrogens is 460 g/mol. The largest absolute Gasteiger partial charge is 0.381 e. The maximum Gasteiger partial charge on any atom is 0.242 e. The van der Waals surface area contributed by atoms with Crippen molar-refractivity contribution in [1.29, 1.82) is 0 Å². The number of piperidine rings is 1. The number of ether oxygens (including phenoxy) is 1. The highest BCUT2D eigenvalue weighted by molar-refractivity contribution is 7.89. The fraction of sp³-hybridized carbons (Fsp3) is 0.593. The van der Waals surface area contributed by atoms with Crippen LogP contribution in [0, 0.1) is 5.41 Å². The Morgan fingerprint density at radius 2 is 1.80 bits per heavy atom. The Morgan fingerprint density at radius 1 is 1.06 bits per heavy atom. The normalized spacial score (nSPS) is 24.8. The fourth-order valence-electron chi connectivity index (χ4n) is 5.89. The van der Waals surface area contributed by atoms with Crippen molar-refractivity contribution in [2.45, 2.75) is 68.5 Å². The molecule has 1 spiro atoms. The molecule has 3 fully saturated rings. The molecule has 3 heterocycles. The van der Waals surface area contributed by atoms with E-state index in [0.29, 0.717) is 11.5 Å². The van der Waals surface area contributed by atoms with Crippen LogP contribution in [0.5, 0.6) is 0 Å². The van der Waals surface area contributed by atoms with Crippen molar-refractivity contribution >= 4 is 15.8 Å². The van der Waals surface area contributed by atoms with Crippen LogP contribution in [0.25, 0.3) is 0 Å².